The van der Waals surface area contributed by atoms with Crippen molar-refractivity contribution in [3.05, 3.63) is 57.7 Å². The molecule has 0 aliphatic heterocycles. The first-order valence-corrected chi connectivity index (χ1v) is 8.37. The zero-order valence-electron chi connectivity index (χ0n) is 13.5. The van der Waals surface area contributed by atoms with Gasteiger partial charge in [0.05, 0.1) is 23.9 Å². The van der Waals surface area contributed by atoms with Gasteiger partial charge in [-0.2, -0.15) is 0 Å². The molecule has 0 atom stereocenters. The zero-order valence-corrected chi connectivity index (χ0v) is 14.3. The molecular weight excluding hydrogens is 385 g/mol. The molecule has 0 saturated carbocycles. The number of thiophene rings is 1. The van der Waals surface area contributed by atoms with Crippen molar-refractivity contribution in [3.63, 3.8) is 0 Å². The van der Waals surface area contributed by atoms with E-state index in [9.17, 15) is 27.6 Å². The maximum atomic E-state index is 13.5. The zero-order chi connectivity index (χ0) is 19.6. The predicted octanol–water partition coefficient (Wildman–Crippen LogP) is 1.63. The quantitative estimate of drug-likeness (QED) is 0.641. The lowest BCUT2D eigenvalue weighted by molar-refractivity contribution is -0.124. The van der Waals surface area contributed by atoms with Gasteiger partial charge in [-0.3, -0.25) is 19.0 Å². The van der Waals surface area contributed by atoms with E-state index in [4.69, 9.17) is 0 Å². The first-order chi connectivity index (χ1) is 12.9. The fraction of sp³-hybridized carbons (Fsp3) is 0.125. The Balaban J connectivity index is 1.58. The van der Waals surface area contributed by atoms with Crippen molar-refractivity contribution in [2.45, 2.75) is 6.54 Å². The van der Waals surface area contributed by atoms with Crippen LogP contribution in [-0.4, -0.2) is 27.9 Å². The average molecular weight is 396 g/mol. The molecule has 140 valence electrons. The number of halogens is 3. The van der Waals surface area contributed by atoms with E-state index in [1.807, 2.05) is 5.32 Å². The maximum absolute atomic E-state index is 13.5. The van der Waals surface area contributed by atoms with Gasteiger partial charge in [0.1, 0.15) is 11.4 Å². The number of carbonyl (C=O) groups is 2. The number of hydrogen-bond donors (Lipinski definition) is 2. The molecule has 3 aromatic rings. The summed E-state index contributed by atoms with van der Waals surface area (Å²) in [7, 11) is 0. The van der Waals surface area contributed by atoms with E-state index in [1.165, 1.54) is 17.7 Å². The van der Waals surface area contributed by atoms with Crippen molar-refractivity contribution in [2.75, 3.05) is 11.9 Å². The van der Waals surface area contributed by atoms with Crippen LogP contribution >= 0.6 is 11.3 Å². The van der Waals surface area contributed by atoms with E-state index in [0.29, 0.717) is 16.3 Å². The first-order valence-electron chi connectivity index (χ1n) is 7.49. The molecule has 0 aliphatic rings. The third-order valence-corrected chi connectivity index (χ3v) is 4.34. The molecule has 2 heterocycles. The topological polar surface area (TPSA) is 93.1 Å². The molecule has 2 N–H and O–H groups in total. The summed E-state index contributed by atoms with van der Waals surface area (Å²) in [4.78, 5) is 40.4. The average Bonchev–Trinajstić information content (AvgIpc) is 3.12. The minimum absolute atomic E-state index is 0.371. The number of aromatic nitrogens is 2. The third kappa shape index (κ3) is 3.97. The van der Waals surface area contributed by atoms with Crippen LogP contribution in [0, 0.1) is 17.5 Å². The molecule has 0 unspecified atom stereocenters. The summed E-state index contributed by atoms with van der Waals surface area (Å²) < 4.78 is 40.5. The molecule has 27 heavy (non-hydrogen) atoms. The fourth-order valence-electron chi connectivity index (χ4n) is 2.21. The number of amides is 2. The van der Waals surface area contributed by atoms with Gasteiger partial charge in [0.25, 0.3) is 5.56 Å². The van der Waals surface area contributed by atoms with Crippen LogP contribution in [-0.2, 0) is 16.1 Å². The molecule has 0 aliphatic carbocycles. The molecule has 3 rings (SSSR count). The monoisotopic (exact) mass is 396 g/mol. The van der Waals surface area contributed by atoms with Gasteiger partial charge in [-0.05, 0) is 23.6 Å². The lowest BCUT2D eigenvalue weighted by Gasteiger charge is -2.09. The minimum atomic E-state index is -1.72. The normalized spacial score (nSPS) is 10.8. The highest BCUT2D eigenvalue weighted by atomic mass is 32.1. The largest absolute Gasteiger partial charge is 0.345 e. The smallest absolute Gasteiger partial charge is 0.262 e. The van der Waals surface area contributed by atoms with Gasteiger partial charge < -0.3 is 10.6 Å². The Labute approximate surface area is 153 Å². The van der Waals surface area contributed by atoms with Crippen molar-refractivity contribution in [3.8, 4) is 0 Å². The summed E-state index contributed by atoms with van der Waals surface area (Å²) >= 11 is 1.29. The van der Waals surface area contributed by atoms with Gasteiger partial charge in [-0.1, -0.05) is 0 Å². The molecule has 7 nitrogen and oxygen atoms in total. The molecule has 0 bridgehead atoms. The maximum Gasteiger partial charge on any atom is 0.262 e. The van der Waals surface area contributed by atoms with Crippen molar-refractivity contribution in [1.82, 2.24) is 14.9 Å². The Kier molecular flexibility index (Phi) is 5.21. The van der Waals surface area contributed by atoms with Crippen LogP contribution in [0.2, 0.25) is 0 Å². The number of nitrogens with zero attached hydrogens (tertiary/aromatic N) is 2. The molecule has 1 aromatic carbocycles. The summed E-state index contributed by atoms with van der Waals surface area (Å²) in [6.45, 7) is -0.926. The van der Waals surface area contributed by atoms with E-state index in [0.717, 1.165) is 10.6 Å². The number of carbonyl (C=O) groups excluding carboxylic acids is 2. The fourth-order valence-corrected chi connectivity index (χ4v) is 2.94. The highest BCUT2D eigenvalue weighted by molar-refractivity contribution is 7.16. The lowest BCUT2D eigenvalue weighted by atomic mass is 10.2. The van der Waals surface area contributed by atoms with Crippen LogP contribution in [0.3, 0.4) is 0 Å². The minimum Gasteiger partial charge on any atom is -0.345 e. The molecule has 0 spiro atoms. The first kappa shape index (κ1) is 18.6. The number of rotatable bonds is 5. The van der Waals surface area contributed by atoms with Crippen LogP contribution in [0.1, 0.15) is 0 Å². The van der Waals surface area contributed by atoms with Crippen LogP contribution in [0.5, 0.6) is 0 Å². The Morgan fingerprint density at radius 2 is 1.89 bits per heavy atom. The number of hydrogen-bond acceptors (Lipinski definition) is 5. The number of anilines is 1. The SMILES string of the molecule is O=C(Cn1cnc2sccc2c1=O)NCC(=O)Nc1ccc(F)c(F)c1F. The van der Waals surface area contributed by atoms with Gasteiger partial charge in [0, 0.05) is 0 Å². The summed E-state index contributed by atoms with van der Waals surface area (Å²) in [6, 6.07) is 3.11. The third-order valence-electron chi connectivity index (χ3n) is 3.52. The van der Waals surface area contributed by atoms with Crippen molar-refractivity contribution in [1.29, 1.82) is 0 Å². The van der Waals surface area contributed by atoms with Crippen LogP contribution in [0.15, 0.2) is 34.7 Å². The summed E-state index contributed by atoms with van der Waals surface area (Å²) in [5.41, 5.74) is -0.957. The van der Waals surface area contributed by atoms with E-state index in [2.05, 4.69) is 10.3 Å². The van der Waals surface area contributed by atoms with E-state index in [1.54, 1.807) is 11.4 Å². The van der Waals surface area contributed by atoms with Gasteiger partial charge in [-0.25, -0.2) is 18.2 Å². The van der Waals surface area contributed by atoms with Gasteiger partial charge >= 0.3 is 0 Å². The lowest BCUT2D eigenvalue weighted by Crippen LogP contribution is -2.37. The highest BCUT2D eigenvalue weighted by Crippen LogP contribution is 2.19. The van der Waals surface area contributed by atoms with Gasteiger partial charge in [0.15, 0.2) is 17.5 Å². The number of nitrogens with one attached hydrogen (secondary N) is 2. The predicted molar refractivity (Wildman–Crippen MR) is 91.8 cm³/mol. The molecule has 2 amide bonds. The highest BCUT2D eigenvalue weighted by Gasteiger charge is 2.16. The molecule has 0 fully saturated rings. The molecule has 11 heteroatoms. The summed E-state index contributed by atoms with van der Waals surface area (Å²) in [6.07, 6.45) is 1.22. The standard InChI is InChI=1S/C16H11F3N4O3S/c17-9-1-2-10(14(19)13(9)18)22-11(24)5-20-12(25)6-23-7-21-15-8(16(23)26)3-4-27-15/h1-4,7H,5-6H2,(H,20,25)(H,22,24). The van der Waals surface area contributed by atoms with Crippen molar-refractivity contribution in [2.24, 2.45) is 0 Å². The van der Waals surface area contributed by atoms with Crippen molar-refractivity contribution >= 4 is 39.1 Å². The van der Waals surface area contributed by atoms with Crippen molar-refractivity contribution < 1.29 is 22.8 Å². The summed E-state index contributed by atoms with van der Waals surface area (Å²) in [5, 5.41) is 6.33. The molecular formula is C16H11F3N4O3S. The Hall–Kier alpha value is -3.21. The van der Waals surface area contributed by atoms with Crippen LogP contribution in [0.25, 0.3) is 10.2 Å². The summed E-state index contributed by atoms with van der Waals surface area (Å²) in [5.74, 6) is -6.16. The van der Waals surface area contributed by atoms with E-state index in [-0.39, 0.29) is 6.54 Å². The van der Waals surface area contributed by atoms with E-state index < -0.39 is 47.1 Å². The number of benzene rings is 1. The Morgan fingerprint density at radius 1 is 1.11 bits per heavy atom. The second-order valence-electron chi connectivity index (χ2n) is 5.36. The Bertz CT molecular complexity index is 1100. The van der Waals surface area contributed by atoms with Gasteiger partial charge in [-0.15, -0.1) is 11.3 Å². The van der Waals surface area contributed by atoms with Gasteiger partial charge in [0.2, 0.25) is 11.8 Å². The van der Waals surface area contributed by atoms with Crippen LogP contribution < -0.4 is 16.2 Å². The second-order valence-corrected chi connectivity index (χ2v) is 6.26. The number of fused-ring (bicyclic) bond motifs is 1. The second kappa shape index (κ2) is 7.58. The van der Waals surface area contributed by atoms with Crippen LogP contribution in [0.4, 0.5) is 18.9 Å². The molecule has 0 radical (unpaired) electrons. The molecule has 0 saturated heterocycles. The van der Waals surface area contributed by atoms with E-state index >= 15 is 0 Å². The molecule has 2 aromatic heterocycles. The Morgan fingerprint density at radius 3 is 2.67 bits per heavy atom.